The molecule has 0 spiro atoms. The number of non-ortho nitro benzene ring substituents is 1. The molecule has 1 fully saturated rings. The topological polar surface area (TPSA) is 191 Å². The fourth-order valence-electron chi connectivity index (χ4n) is 4.82. The fraction of sp³-hybridized carbons (Fsp3) is 0.357. The van der Waals surface area contributed by atoms with Crippen molar-refractivity contribution in [3.05, 3.63) is 92.2 Å². The smallest absolute Gasteiger partial charge is 0.416 e. The lowest BCUT2D eigenvalue weighted by Gasteiger charge is -2.37. The number of benzene rings is 2. The van der Waals surface area contributed by atoms with Gasteiger partial charge in [-0.15, -0.1) is 0 Å². The number of alkyl halides is 3. The zero-order valence-electron chi connectivity index (χ0n) is 24.7. The van der Waals surface area contributed by atoms with E-state index in [-0.39, 0.29) is 36.8 Å². The van der Waals surface area contributed by atoms with E-state index in [9.17, 15) is 51.7 Å². The van der Waals surface area contributed by atoms with E-state index < -0.39 is 60.6 Å². The van der Waals surface area contributed by atoms with Crippen molar-refractivity contribution in [1.29, 1.82) is 0 Å². The Bertz CT molecular complexity index is 1750. The molecule has 1 atom stereocenters. The number of amides is 1. The lowest BCUT2D eigenvalue weighted by Crippen LogP contribution is -2.53. The van der Waals surface area contributed by atoms with E-state index in [2.05, 4.69) is 4.98 Å². The van der Waals surface area contributed by atoms with Gasteiger partial charge < -0.3 is 24.9 Å². The molecule has 1 aliphatic rings. The van der Waals surface area contributed by atoms with E-state index in [0.717, 1.165) is 47.2 Å². The van der Waals surface area contributed by atoms with Gasteiger partial charge in [-0.25, -0.2) is 13.2 Å². The number of aliphatic hydroxyl groups is 1. The first kappa shape index (κ1) is 35.0. The number of nitro benzene ring substituents is 1. The Morgan fingerprint density at radius 3 is 2.17 bits per heavy atom. The van der Waals surface area contributed by atoms with Gasteiger partial charge in [0.25, 0.3) is 15.5 Å². The first-order valence-corrected chi connectivity index (χ1v) is 15.4. The molecule has 1 amide bonds. The van der Waals surface area contributed by atoms with E-state index in [4.69, 9.17) is 4.74 Å². The Kier molecular flexibility index (Phi) is 10.3. The van der Waals surface area contributed by atoms with Crippen molar-refractivity contribution < 1.29 is 46.1 Å². The minimum absolute atomic E-state index is 0.00521. The molecule has 1 N–H and O–H groups in total. The average Bonchev–Trinajstić information content (AvgIpc) is 3.43. The molecule has 1 aliphatic heterocycles. The fourth-order valence-corrected chi connectivity index (χ4v) is 6.16. The molecule has 2 heterocycles. The average molecular weight is 683 g/mol. The summed E-state index contributed by atoms with van der Waals surface area (Å²) in [7, 11) is -4.48. The zero-order valence-corrected chi connectivity index (χ0v) is 25.6. The number of rotatable bonds is 11. The Balaban J connectivity index is 1.33. The number of piperazine rings is 1. The molecule has 1 aromatic heterocycles. The summed E-state index contributed by atoms with van der Waals surface area (Å²) < 4.78 is 70.8. The normalized spacial score (nSPS) is 15.8. The third-order valence-corrected chi connectivity index (χ3v) is 8.77. The SMILES string of the molecule is CC(O)(CN1CCN(C(=O)OCC=Cc2ccc(C(F)(F)F)cc2)CC1)Cn1cc([N+](=O)[O-])nc1S(=O)(=O)c1ccc([N+](=O)[O-])cc1. The molecule has 4 rings (SSSR count). The molecule has 0 saturated carbocycles. The monoisotopic (exact) mass is 682 g/mol. The van der Waals surface area contributed by atoms with Crippen LogP contribution >= 0.6 is 0 Å². The standard InChI is InChI=1S/C28H29F3N6O9S/c1-27(39,19-35-17-24(37(42)43)32-25(35)47(44,45)23-10-8-22(9-11-23)36(40)41)18-33-12-14-34(15-13-33)26(38)46-16-2-3-20-4-6-21(7-5-20)28(29,30)31/h2-11,17,39H,12-16,18-19H2,1H3. The summed E-state index contributed by atoms with van der Waals surface area (Å²) in [6, 6.07) is 8.40. The molecule has 19 heteroatoms. The van der Waals surface area contributed by atoms with Gasteiger partial charge in [-0.1, -0.05) is 18.2 Å². The second-order valence-corrected chi connectivity index (χ2v) is 12.7. The Hall–Kier alpha value is -4.88. The van der Waals surface area contributed by atoms with Gasteiger partial charge in [0.2, 0.25) is 0 Å². The van der Waals surface area contributed by atoms with Crippen molar-refractivity contribution in [2.45, 2.75) is 35.3 Å². The first-order valence-electron chi connectivity index (χ1n) is 13.9. The third kappa shape index (κ3) is 8.89. The Labute approximate surface area is 265 Å². The number of aromatic nitrogens is 2. The van der Waals surface area contributed by atoms with Crippen LogP contribution in [0.5, 0.6) is 0 Å². The third-order valence-electron chi connectivity index (χ3n) is 7.07. The van der Waals surface area contributed by atoms with E-state index in [1.54, 1.807) is 0 Å². The molecular weight excluding hydrogens is 653 g/mol. The second-order valence-electron chi connectivity index (χ2n) is 10.9. The quantitative estimate of drug-likeness (QED) is 0.229. The largest absolute Gasteiger partial charge is 0.445 e. The molecule has 2 aromatic carbocycles. The molecule has 47 heavy (non-hydrogen) atoms. The van der Waals surface area contributed by atoms with Crippen LogP contribution in [-0.4, -0.2) is 93.7 Å². The minimum Gasteiger partial charge on any atom is -0.445 e. The van der Waals surface area contributed by atoms with Crippen LogP contribution in [0.3, 0.4) is 0 Å². The summed E-state index contributed by atoms with van der Waals surface area (Å²) in [5.74, 6) is -0.775. The number of hydrogen-bond donors (Lipinski definition) is 1. The van der Waals surface area contributed by atoms with E-state index >= 15 is 0 Å². The van der Waals surface area contributed by atoms with Crippen molar-refractivity contribution in [3.63, 3.8) is 0 Å². The summed E-state index contributed by atoms with van der Waals surface area (Å²) >= 11 is 0. The number of nitrogens with zero attached hydrogens (tertiary/aromatic N) is 6. The number of imidazole rings is 1. The van der Waals surface area contributed by atoms with Gasteiger partial charge in [-0.05, 0) is 52.7 Å². The highest BCUT2D eigenvalue weighted by molar-refractivity contribution is 7.91. The van der Waals surface area contributed by atoms with Gasteiger partial charge in [0.05, 0.1) is 27.5 Å². The van der Waals surface area contributed by atoms with Gasteiger partial charge in [0.15, 0.2) is 0 Å². The summed E-state index contributed by atoms with van der Waals surface area (Å²) in [4.78, 5) is 39.7. The lowest BCUT2D eigenvalue weighted by atomic mass is 10.1. The predicted molar refractivity (Wildman–Crippen MR) is 158 cm³/mol. The van der Waals surface area contributed by atoms with Crippen LogP contribution in [0.2, 0.25) is 0 Å². The first-order chi connectivity index (χ1) is 22.0. The van der Waals surface area contributed by atoms with Crippen molar-refractivity contribution in [2.75, 3.05) is 39.3 Å². The molecule has 252 valence electrons. The molecule has 1 unspecified atom stereocenters. The molecule has 3 aromatic rings. The molecule has 0 aliphatic carbocycles. The van der Waals surface area contributed by atoms with Crippen LogP contribution in [0, 0.1) is 20.2 Å². The van der Waals surface area contributed by atoms with Crippen LogP contribution in [0.4, 0.5) is 29.5 Å². The van der Waals surface area contributed by atoms with Gasteiger partial charge in [-0.2, -0.15) is 13.2 Å². The maximum atomic E-state index is 13.3. The number of ether oxygens (including phenoxy) is 1. The number of halogens is 3. The van der Waals surface area contributed by atoms with Gasteiger partial charge in [-0.3, -0.25) is 19.6 Å². The summed E-state index contributed by atoms with van der Waals surface area (Å²) in [6.45, 7) is 1.95. The number of nitro groups is 2. The predicted octanol–water partition coefficient (Wildman–Crippen LogP) is 3.77. The highest BCUT2D eigenvalue weighted by Gasteiger charge is 2.36. The van der Waals surface area contributed by atoms with Gasteiger partial charge in [0.1, 0.15) is 12.8 Å². The van der Waals surface area contributed by atoms with Crippen LogP contribution in [0.25, 0.3) is 6.08 Å². The van der Waals surface area contributed by atoms with E-state index in [1.165, 1.54) is 36.1 Å². The molecule has 0 radical (unpaired) electrons. The van der Waals surface area contributed by atoms with E-state index in [1.807, 2.05) is 4.90 Å². The van der Waals surface area contributed by atoms with Crippen LogP contribution in [0.1, 0.15) is 18.1 Å². The van der Waals surface area contributed by atoms with E-state index in [0.29, 0.717) is 18.7 Å². The molecule has 0 bridgehead atoms. The molecule has 1 saturated heterocycles. The maximum absolute atomic E-state index is 13.3. The number of carbonyl (C=O) groups excluding carboxylic acids is 1. The van der Waals surface area contributed by atoms with Crippen molar-refractivity contribution in [1.82, 2.24) is 19.4 Å². The summed E-state index contributed by atoms with van der Waals surface area (Å²) in [5, 5.41) is 32.8. The number of carbonyl (C=O) groups is 1. The van der Waals surface area contributed by atoms with Gasteiger partial charge >= 0.3 is 23.2 Å². The van der Waals surface area contributed by atoms with Crippen molar-refractivity contribution >= 4 is 33.5 Å². The minimum atomic E-state index is -4.48. The summed E-state index contributed by atoms with van der Waals surface area (Å²) in [6.07, 6.45) is -1.16. The number of sulfone groups is 1. The summed E-state index contributed by atoms with van der Waals surface area (Å²) in [5.41, 5.74) is -2.26. The maximum Gasteiger partial charge on any atom is 0.416 e. The Morgan fingerprint density at radius 2 is 1.62 bits per heavy atom. The van der Waals surface area contributed by atoms with Crippen LogP contribution in [0.15, 0.2) is 70.9 Å². The molecular formula is C28H29F3N6O9S. The number of hydrogen-bond acceptors (Lipinski definition) is 11. The van der Waals surface area contributed by atoms with Gasteiger partial charge in [0, 0.05) is 44.9 Å². The zero-order chi connectivity index (χ0) is 34.6. The second kappa shape index (κ2) is 13.9. The van der Waals surface area contributed by atoms with Crippen LogP contribution in [-0.2, 0) is 27.3 Å². The Morgan fingerprint density at radius 1 is 1.00 bits per heavy atom. The van der Waals surface area contributed by atoms with Crippen molar-refractivity contribution in [2.24, 2.45) is 0 Å². The highest BCUT2D eigenvalue weighted by atomic mass is 32.2. The van der Waals surface area contributed by atoms with Crippen LogP contribution < -0.4 is 0 Å². The van der Waals surface area contributed by atoms with Crippen molar-refractivity contribution in [3.8, 4) is 0 Å². The number of β-amino-alcohol motifs (C(OH)–C–C–N with tert-alkyl or cyclic N) is 1. The molecule has 15 nitrogen and oxygen atoms in total. The lowest BCUT2D eigenvalue weighted by molar-refractivity contribution is -0.389. The highest BCUT2D eigenvalue weighted by Crippen LogP contribution is 2.29.